The molecule has 4 nitrogen and oxygen atoms in total. The molecule has 3 rings (SSSR count). The zero-order valence-corrected chi connectivity index (χ0v) is 11.7. The van der Waals surface area contributed by atoms with Gasteiger partial charge in [0.25, 0.3) is 5.91 Å². The molecular weight excluding hydrogens is 252 g/mol. The van der Waals surface area contributed by atoms with Gasteiger partial charge in [-0.1, -0.05) is 25.0 Å². The van der Waals surface area contributed by atoms with Crippen molar-refractivity contribution in [3.05, 3.63) is 29.8 Å². The van der Waals surface area contributed by atoms with E-state index in [0.717, 1.165) is 25.6 Å². The van der Waals surface area contributed by atoms with Gasteiger partial charge >= 0.3 is 0 Å². The van der Waals surface area contributed by atoms with Gasteiger partial charge in [0.05, 0.1) is 5.56 Å². The van der Waals surface area contributed by atoms with E-state index in [1.807, 2.05) is 0 Å². The smallest absolute Gasteiger partial charge is 0.255 e. The van der Waals surface area contributed by atoms with Crippen LogP contribution in [-0.2, 0) is 0 Å². The summed E-state index contributed by atoms with van der Waals surface area (Å²) >= 11 is 0. The van der Waals surface area contributed by atoms with Gasteiger partial charge in [0.2, 0.25) is 0 Å². The number of carbonyl (C=O) groups excluding carboxylic acids is 1. The number of hydrogen-bond donors (Lipinski definition) is 2. The summed E-state index contributed by atoms with van der Waals surface area (Å²) in [7, 11) is 0. The van der Waals surface area contributed by atoms with Crippen molar-refractivity contribution < 1.29 is 9.90 Å². The van der Waals surface area contributed by atoms with Crippen molar-refractivity contribution in [3.63, 3.8) is 0 Å². The van der Waals surface area contributed by atoms with Crippen molar-refractivity contribution in [3.8, 4) is 5.75 Å². The highest BCUT2D eigenvalue weighted by Crippen LogP contribution is 2.26. The molecule has 0 bridgehead atoms. The lowest BCUT2D eigenvalue weighted by atomic mass is 10.1. The minimum atomic E-state index is -0.165. The van der Waals surface area contributed by atoms with E-state index in [9.17, 15) is 9.90 Å². The van der Waals surface area contributed by atoms with Gasteiger partial charge in [0.15, 0.2) is 0 Å². The molecule has 1 aliphatic carbocycles. The summed E-state index contributed by atoms with van der Waals surface area (Å²) < 4.78 is 0. The summed E-state index contributed by atoms with van der Waals surface area (Å²) in [5, 5.41) is 12.8. The monoisotopic (exact) mass is 274 g/mol. The number of benzene rings is 1. The Kier molecular flexibility index (Phi) is 3.92. The molecule has 4 heteroatoms. The van der Waals surface area contributed by atoms with Gasteiger partial charge in [0, 0.05) is 25.2 Å². The number of rotatable bonds is 3. The number of phenols is 1. The quantitative estimate of drug-likeness (QED) is 0.888. The van der Waals surface area contributed by atoms with Crippen LogP contribution in [0.5, 0.6) is 5.75 Å². The highest BCUT2D eigenvalue weighted by Gasteiger charge is 2.30. The van der Waals surface area contributed by atoms with E-state index < -0.39 is 0 Å². The average molecular weight is 274 g/mol. The second kappa shape index (κ2) is 5.83. The number of aromatic hydroxyl groups is 1. The molecule has 2 N–H and O–H groups in total. The summed E-state index contributed by atoms with van der Waals surface area (Å²) in [5.74, 6) is -0.114. The predicted octanol–water partition coefficient (Wildman–Crippen LogP) is 2.14. The van der Waals surface area contributed by atoms with E-state index in [-0.39, 0.29) is 17.7 Å². The van der Waals surface area contributed by atoms with E-state index in [0.29, 0.717) is 5.56 Å². The molecule has 0 spiro atoms. The maximum atomic E-state index is 12.2. The Morgan fingerprint density at radius 1 is 1.20 bits per heavy atom. The molecule has 108 valence electrons. The third kappa shape index (κ3) is 2.80. The fraction of sp³-hybridized carbons (Fsp3) is 0.562. The van der Waals surface area contributed by atoms with E-state index in [4.69, 9.17) is 0 Å². The van der Waals surface area contributed by atoms with E-state index >= 15 is 0 Å². The second-order valence-electron chi connectivity index (χ2n) is 5.91. The van der Waals surface area contributed by atoms with Gasteiger partial charge in [-0.3, -0.25) is 9.69 Å². The van der Waals surface area contributed by atoms with Gasteiger partial charge in [-0.2, -0.15) is 0 Å². The number of carbonyl (C=O) groups is 1. The summed E-state index contributed by atoms with van der Waals surface area (Å²) in [6.07, 6.45) is 6.31. The van der Waals surface area contributed by atoms with Crippen LogP contribution in [0, 0.1) is 0 Å². The number of phenolic OH excluding ortho intramolecular Hbond substituents is 1. The van der Waals surface area contributed by atoms with Crippen molar-refractivity contribution in [1.82, 2.24) is 10.2 Å². The molecule has 1 atom stereocenters. The lowest BCUT2D eigenvalue weighted by Gasteiger charge is -2.23. The first-order chi connectivity index (χ1) is 9.74. The fourth-order valence-electron chi connectivity index (χ4n) is 3.43. The maximum Gasteiger partial charge on any atom is 0.255 e. The third-order valence-corrected chi connectivity index (χ3v) is 4.54. The Bertz CT molecular complexity index is 483. The first kappa shape index (κ1) is 13.4. The normalized spacial score (nSPS) is 24.1. The Hall–Kier alpha value is -1.55. The lowest BCUT2D eigenvalue weighted by Crippen LogP contribution is -2.39. The molecule has 0 radical (unpaired) electrons. The van der Waals surface area contributed by atoms with Gasteiger partial charge in [0.1, 0.15) is 5.75 Å². The third-order valence-electron chi connectivity index (χ3n) is 4.54. The standard InChI is InChI=1S/C16H22N2O2/c19-15-8-4-3-7-14(15)16(20)17-12-9-10-18(11-12)13-5-1-2-6-13/h3-4,7-8,12-13,19H,1-2,5-6,9-11H2,(H,17,20). The predicted molar refractivity (Wildman–Crippen MR) is 77.8 cm³/mol. The van der Waals surface area contributed by atoms with E-state index in [1.165, 1.54) is 25.7 Å². The van der Waals surface area contributed by atoms with Crippen LogP contribution in [0.2, 0.25) is 0 Å². The molecule has 1 aromatic carbocycles. The largest absolute Gasteiger partial charge is 0.507 e. The molecule has 1 heterocycles. The molecular formula is C16H22N2O2. The van der Waals surface area contributed by atoms with E-state index in [2.05, 4.69) is 10.2 Å². The molecule has 1 aromatic rings. The highest BCUT2D eigenvalue weighted by molar-refractivity contribution is 5.96. The number of nitrogens with one attached hydrogen (secondary N) is 1. The zero-order valence-electron chi connectivity index (χ0n) is 11.7. The van der Waals surface area contributed by atoms with Crippen molar-refractivity contribution in [2.45, 2.75) is 44.2 Å². The van der Waals surface area contributed by atoms with Crippen LogP contribution >= 0.6 is 0 Å². The van der Waals surface area contributed by atoms with Crippen LogP contribution in [0.1, 0.15) is 42.5 Å². The molecule has 1 saturated heterocycles. The number of para-hydroxylation sites is 1. The van der Waals surface area contributed by atoms with Crippen LogP contribution in [0.4, 0.5) is 0 Å². The molecule has 2 aliphatic rings. The Balaban J connectivity index is 1.56. The lowest BCUT2D eigenvalue weighted by molar-refractivity contribution is 0.0933. The van der Waals surface area contributed by atoms with Crippen LogP contribution in [0.15, 0.2) is 24.3 Å². The molecule has 1 unspecified atom stereocenters. The number of likely N-dealkylation sites (tertiary alicyclic amines) is 1. The molecule has 1 amide bonds. The molecule has 2 fully saturated rings. The zero-order chi connectivity index (χ0) is 13.9. The molecule has 1 aliphatic heterocycles. The van der Waals surface area contributed by atoms with Crippen LogP contribution in [0.3, 0.4) is 0 Å². The average Bonchev–Trinajstić information content (AvgIpc) is 3.09. The molecule has 20 heavy (non-hydrogen) atoms. The summed E-state index contributed by atoms with van der Waals surface area (Å²) in [6, 6.07) is 7.64. The Morgan fingerprint density at radius 3 is 2.70 bits per heavy atom. The first-order valence-corrected chi connectivity index (χ1v) is 7.57. The Labute approximate surface area is 119 Å². The SMILES string of the molecule is O=C(NC1CCN(C2CCCC2)C1)c1ccccc1O. The summed E-state index contributed by atoms with van der Waals surface area (Å²) in [4.78, 5) is 14.7. The Morgan fingerprint density at radius 2 is 1.95 bits per heavy atom. The van der Waals surface area contributed by atoms with Crippen LogP contribution in [0.25, 0.3) is 0 Å². The van der Waals surface area contributed by atoms with Crippen molar-refractivity contribution >= 4 is 5.91 Å². The van der Waals surface area contributed by atoms with Crippen molar-refractivity contribution in [2.24, 2.45) is 0 Å². The topological polar surface area (TPSA) is 52.6 Å². The first-order valence-electron chi connectivity index (χ1n) is 7.57. The minimum Gasteiger partial charge on any atom is -0.507 e. The summed E-state index contributed by atoms with van der Waals surface area (Å²) in [6.45, 7) is 2.03. The number of nitrogens with zero attached hydrogens (tertiary/aromatic N) is 1. The van der Waals surface area contributed by atoms with Crippen molar-refractivity contribution in [1.29, 1.82) is 0 Å². The number of amides is 1. The van der Waals surface area contributed by atoms with E-state index in [1.54, 1.807) is 24.3 Å². The number of hydrogen-bond acceptors (Lipinski definition) is 3. The van der Waals surface area contributed by atoms with Gasteiger partial charge < -0.3 is 10.4 Å². The van der Waals surface area contributed by atoms with Gasteiger partial charge in [-0.15, -0.1) is 0 Å². The van der Waals surface area contributed by atoms with Gasteiger partial charge in [-0.25, -0.2) is 0 Å². The molecule has 0 aromatic heterocycles. The minimum absolute atomic E-state index is 0.0515. The van der Waals surface area contributed by atoms with Gasteiger partial charge in [-0.05, 0) is 31.4 Å². The van der Waals surface area contributed by atoms with Crippen LogP contribution in [-0.4, -0.2) is 41.1 Å². The van der Waals surface area contributed by atoms with Crippen LogP contribution < -0.4 is 5.32 Å². The highest BCUT2D eigenvalue weighted by atomic mass is 16.3. The fourth-order valence-corrected chi connectivity index (χ4v) is 3.43. The van der Waals surface area contributed by atoms with Crippen molar-refractivity contribution in [2.75, 3.05) is 13.1 Å². The molecule has 1 saturated carbocycles. The maximum absolute atomic E-state index is 12.2. The summed E-state index contributed by atoms with van der Waals surface area (Å²) in [5.41, 5.74) is 0.367. The second-order valence-corrected chi connectivity index (χ2v) is 5.91.